The van der Waals surface area contributed by atoms with Crippen LogP contribution in [0.2, 0.25) is 0 Å². The minimum atomic E-state index is -3.57. The largest absolute Gasteiger partial charge is 0.586 e. The number of anilines is 1. The number of nitrogens with one attached hydrogen (secondary N) is 1. The number of rotatable bonds is 2. The van der Waals surface area contributed by atoms with Crippen LogP contribution in [0, 0.1) is 0 Å². The summed E-state index contributed by atoms with van der Waals surface area (Å²) in [6.07, 6.45) is -1.42. The summed E-state index contributed by atoms with van der Waals surface area (Å²) in [7, 11) is 0. The van der Waals surface area contributed by atoms with E-state index in [2.05, 4.69) is 14.8 Å². The molecule has 2 unspecified atom stereocenters. The Kier molecular flexibility index (Phi) is 3.20. The van der Waals surface area contributed by atoms with Gasteiger partial charge in [0.05, 0.1) is 12.2 Å². The summed E-state index contributed by atoms with van der Waals surface area (Å²) >= 11 is 0. The van der Waals surface area contributed by atoms with E-state index in [1.807, 2.05) is 13.8 Å². The first-order valence-electron chi connectivity index (χ1n) is 6.73. The summed E-state index contributed by atoms with van der Waals surface area (Å²) in [4.78, 5) is 0. The fraction of sp³-hybridized carbons (Fsp3) is 0.571. The van der Waals surface area contributed by atoms with Crippen LogP contribution in [-0.2, 0) is 4.74 Å². The fourth-order valence-corrected chi connectivity index (χ4v) is 2.80. The number of ether oxygens (including phenoxy) is 3. The van der Waals surface area contributed by atoms with Crippen molar-refractivity contribution >= 4 is 5.69 Å². The van der Waals surface area contributed by atoms with Gasteiger partial charge in [-0.3, -0.25) is 0 Å². The molecule has 0 aliphatic carbocycles. The lowest BCUT2D eigenvalue weighted by Crippen LogP contribution is -2.36. The molecule has 1 saturated heterocycles. The lowest BCUT2D eigenvalue weighted by atomic mass is 9.99. The molecule has 1 N–H and O–H groups in total. The van der Waals surface area contributed by atoms with Crippen LogP contribution in [0.25, 0.3) is 0 Å². The zero-order valence-electron chi connectivity index (χ0n) is 11.4. The zero-order chi connectivity index (χ0) is 14.3. The second-order valence-electron chi connectivity index (χ2n) is 5.40. The monoisotopic (exact) mass is 285 g/mol. The van der Waals surface area contributed by atoms with E-state index in [0.29, 0.717) is 0 Å². The lowest BCUT2D eigenvalue weighted by Gasteiger charge is -2.33. The molecule has 6 heteroatoms. The number of halogens is 2. The Labute approximate surface area is 116 Å². The van der Waals surface area contributed by atoms with Gasteiger partial charge in [-0.1, -0.05) is 0 Å². The predicted octanol–water partition coefficient (Wildman–Crippen LogP) is 3.38. The van der Waals surface area contributed by atoms with E-state index in [4.69, 9.17) is 4.74 Å². The van der Waals surface area contributed by atoms with Gasteiger partial charge < -0.3 is 19.5 Å². The molecule has 1 aromatic rings. The van der Waals surface area contributed by atoms with Crippen molar-refractivity contribution in [2.24, 2.45) is 0 Å². The molecule has 3 rings (SSSR count). The number of hydrogen-bond donors (Lipinski definition) is 1. The van der Waals surface area contributed by atoms with Crippen LogP contribution in [0.4, 0.5) is 14.5 Å². The van der Waals surface area contributed by atoms with E-state index < -0.39 is 6.29 Å². The normalized spacial score (nSPS) is 31.1. The molecule has 1 fully saturated rings. The summed E-state index contributed by atoms with van der Waals surface area (Å²) in [5.74, 6) is 0.127. The van der Waals surface area contributed by atoms with E-state index in [0.717, 1.165) is 18.5 Å². The molecule has 1 aromatic carbocycles. The minimum absolute atomic E-state index is 0.0631. The second kappa shape index (κ2) is 4.77. The van der Waals surface area contributed by atoms with Crippen molar-refractivity contribution < 1.29 is 23.0 Å². The molecule has 0 spiro atoms. The summed E-state index contributed by atoms with van der Waals surface area (Å²) in [5.41, 5.74) is 0.747. The van der Waals surface area contributed by atoms with Crippen LogP contribution < -0.4 is 14.8 Å². The third-order valence-electron chi connectivity index (χ3n) is 3.47. The van der Waals surface area contributed by atoms with Gasteiger partial charge in [-0.05, 0) is 38.8 Å². The third kappa shape index (κ3) is 2.80. The van der Waals surface area contributed by atoms with Gasteiger partial charge >= 0.3 is 6.29 Å². The first-order valence-corrected chi connectivity index (χ1v) is 6.73. The van der Waals surface area contributed by atoms with Crippen LogP contribution in [0.5, 0.6) is 11.5 Å². The Morgan fingerprint density at radius 1 is 1.10 bits per heavy atom. The highest BCUT2D eigenvalue weighted by Gasteiger charge is 2.43. The first-order chi connectivity index (χ1) is 9.41. The molecular weight excluding hydrogens is 268 g/mol. The van der Waals surface area contributed by atoms with E-state index in [-0.39, 0.29) is 29.7 Å². The standard InChI is InChI=1S/C14H17F2NO3/c1-8-5-11(6-9(2)18-8)17-10-3-4-12-13(7-10)20-14(15,16)19-12/h3-4,7-9,11,17H,5-6H2,1-2H3. The Bertz CT molecular complexity index is 499. The number of hydrogen-bond acceptors (Lipinski definition) is 4. The van der Waals surface area contributed by atoms with E-state index >= 15 is 0 Å². The summed E-state index contributed by atoms with van der Waals surface area (Å²) in [6, 6.07) is 5.01. The predicted molar refractivity (Wildman–Crippen MR) is 69.3 cm³/mol. The van der Waals surface area contributed by atoms with E-state index in [9.17, 15) is 8.78 Å². The Hall–Kier alpha value is -1.56. The average Bonchev–Trinajstić information content (AvgIpc) is 2.60. The van der Waals surface area contributed by atoms with Gasteiger partial charge in [-0.15, -0.1) is 8.78 Å². The van der Waals surface area contributed by atoms with Crippen LogP contribution in [0.3, 0.4) is 0 Å². The van der Waals surface area contributed by atoms with Gasteiger partial charge in [-0.2, -0.15) is 0 Å². The molecule has 2 aliphatic heterocycles. The molecule has 20 heavy (non-hydrogen) atoms. The summed E-state index contributed by atoms with van der Waals surface area (Å²) in [5, 5.41) is 3.34. The van der Waals surface area contributed by atoms with Crippen LogP contribution in [0.1, 0.15) is 26.7 Å². The molecule has 0 aromatic heterocycles. The molecule has 0 bridgehead atoms. The molecule has 2 aliphatic rings. The minimum Gasteiger partial charge on any atom is -0.395 e. The lowest BCUT2D eigenvalue weighted by molar-refractivity contribution is -0.286. The number of fused-ring (bicyclic) bond motifs is 1. The van der Waals surface area contributed by atoms with Gasteiger partial charge in [0.1, 0.15) is 0 Å². The second-order valence-corrected chi connectivity index (χ2v) is 5.40. The summed E-state index contributed by atoms with van der Waals surface area (Å²) < 4.78 is 40.4. The van der Waals surface area contributed by atoms with Gasteiger partial charge in [0.15, 0.2) is 11.5 Å². The maximum atomic E-state index is 12.9. The molecule has 0 radical (unpaired) electrons. The van der Waals surface area contributed by atoms with Crippen LogP contribution >= 0.6 is 0 Å². The molecular formula is C14H17F2NO3. The number of benzene rings is 1. The molecule has 2 atom stereocenters. The molecule has 2 heterocycles. The number of alkyl halides is 2. The van der Waals surface area contributed by atoms with Crippen molar-refractivity contribution in [2.45, 2.75) is 51.2 Å². The van der Waals surface area contributed by atoms with Crippen LogP contribution in [0.15, 0.2) is 18.2 Å². The zero-order valence-corrected chi connectivity index (χ0v) is 11.4. The topological polar surface area (TPSA) is 39.7 Å². The van der Waals surface area contributed by atoms with Crippen molar-refractivity contribution in [2.75, 3.05) is 5.32 Å². The molecule has 0 amide bonds. The Balaban J connectivity index is 1.70. The van der Waals surface area contributed by atoms with Gasteiger partial charge in [0, 0.05) is 17.8 Å². The molecule has 0 saturated carbocycles. The highest BCUT2D eigenvalue weighted by molar-refractivity contribution is 5.56. The highest BCUT2D eigenvalue weighted by atomic mass is 19.3. The quantitative estimate of drug-likeness (QED) is 0.904. The van der Waals surface area contributed by atoms with Crippen molar-refractivity contribution in [1.29, 1.82) is 0 Å². The molecule has 110 valence electrons. The fourth-order valence-electron chi connectivity index (χ4n) is 2.80. The van der Waals surface area contributed by atoms with Gasteiger partial charge in [0.25, 0.3) is 0 Å². The Morgan fingerprint density at radius 2 is 1.75 bits per heavy atom. The van der Waals surface area contributed by atoms with Crippen molar-refractivity contribution in [3.8, 4) is 11.5 Å². The van der Waals surface area contributed by atoms with E-state index in [1.165, 1.54) is 6.07 Å². The Morgan fingerprint density at radius 3 is 2.45 bits per heavy atom. The van der Waals surface area contributed by atoms with Crippen molar-refractivity contribution in [3.63, 3.8) is 0 Å². The van der Waals surface area contributed by atoms with Crippen molar-refractivity contribution in [1.82, 2.24) is 0 Å². The van der Waals surface area contributed by atoms with Gasteiger partial charge in [-0.25, -0.2) is 0 Å². The third-order valence-corrected chi connectivity index (χ3v) is 3.47. The maximum Gasteiger partial charge on any atom is 0.586 e. The van der Waals surface area contributed by atoms with Crippen LogP contribution in [-0.4, -0.2) is 24.5 Å². The maximum absolute atomic E-state index is 12.9. The SMILES string of the molecule is CC1CC(Nc2ccc3c(c2)OC(F)(F)O3)CC(C)O1. The van der Waals surface area contributed by atoms with Crippen molar-refractivity contribution in [3.05, 3.63) is 18.2 Å². The highest BCUT2D eigenvalue weighted by Crippen LogP contribution is 2.42. The van der Waals surface area contributed by atoms with Gasteiger partial charge in [0.2, 0.25) is 0 Å². The average molecular weight is 285 g/mol. The smallest absolute Gasteiger partial charge is 0.395 e. The first kappa shape index (κ1) is 13.4. The summed E-state index contributed by atoms with van der Waals surface area (Å²) in [6.45, 7) is 4.06. The van der Waals surface area contributed by atoms with E-state index in [1.54, 1.807) is 12.1 Å². The molecule has 4 nitrogen and oxygen atoms in total.